The number of ether oxygens (including phenoxy) is 1. The molecule has 2 N–H and O–H groups in total. The topological polar surface area (TPSA) is 101 Å². The van der Waals surface area contributed by atoms with Crippen LogP contribution in [0.5, 0.6) is 5.75 Å². The van der Waals surface area contributed by atoms with Crippen molar-refractivity contribution in [3.8, 4) is 28.5 Å². The molecule has 0 radical (unpaired) electrons. The summed E-state index contributed by atoms with van der Waals surface area (Å²) in [4.78, 5) is 20.5. The summed E-state index contributed by atoms with van der Waals surface area (Å²) >= 11 is 0. The molecule has 1 aliphatic heterocycles. The molecule has 3 heterocycles. The summed E-state index contributed by atoms with van der Waals surface area (Å²) in [7, 11) is 1.62. The summed E-state index contributed by atoms with van der Waals surface area (Å²) in [6.45, 7) is 4.06. The number of methoxy groups -OCH3 is 1. The third-order valence-electron chi connectivity index (χ3n) is 5.98. The number of hydrogen-bond donors (Lipinski definition) is 2. The van der Waals surface area contributed by atoms with Crippen LogP contribution in [0, 0.1) is 0 Å². The summed E-state index contributed by atoms with van der Waals surface area (Å²) < 4.78 is 11.0. The predicted molar refractivity (Wildman–Crippen MR) is 136 cm³/mol. The number of oxazole rings is 1. The first-order chi connectivity index (χ1) is 17.3. The smallest absolute Gasteiger partial charge is 0.232 e. The van der Waals surface area contributed by atoms with Crippen LogP contribution in [0.15, 0.2) is 65.5 Å². The van der Waals surface area contributed by atoms with Gasteiger partial charge in [0, 0.05) is 30.4 Å². The van der Waals surface area contributed by atoms with Gasteiger partial charge in [0.05, 0.1) is 18.9 Å². The van der Waals surface area contributed by atoms with Crippen molar-refractivity contribution >= 4 is 17.6 Å². The van der Waals surface area contributed by atoms with Crippen LogP contribution in [0.2, 0.25) is 0 Å². The number of nitrogens with one attached hydrogen (secondary N) is 2. The van der Waals surface area contributed by atoms with Crippen molar-refractivity contribution in [2.75, 3.05) is 43.9 Å². The standard InChI is InChI=1S/C26H29N7O2/c1-34-22-16-20(10-11-21(22)23-17-27-18-35-23)29-26-31-24(19-8-4-2-5-9-19)30-25(32-26)28-12-15-33-13-6-3-7-14-33/h2,4-5,8-11,16-18H,3,6-7,12-15H2,1H3,(H2,28,29,30,31,32). The zero-order chi connectivity index (χ0) is 23.9. The molecular weight excluding hydrogens is 442 g/mol. The number of likely N-dealkylation sites (tertiary alicyclic amines) is 1. The van der Waals surface area contributed by atoms with Crippen LogP contribution in [-0.2, 0) is 0 Å². The number of hydrogen-bond acceptors (Lipinski definition) is 9. The maximum Gasteiger partial charge on any atom is 0.232 e. The van der Waals surface area contributed by atoms with Gasteiger partial charge in [-0.15, -0.1) is 0 Å². The van der Waals surface area contributed by atoms with Crippen molar-refractivity contribution in [1.82, 2.24) is 24.8 Å². The molecule has 0 spiro atoms. The van der Waals surface area contributed by atoms with Gasteiger partial charge < -0.3 is 24.7 Å². The summed E-state index contributed by atoms with van der Waals surface area (Å²) in [6.07, 6.45) is 6.94. The van der Waals surface area contributed by atoms with E-state index >= 15 is 0 Å². The first-order valence-corrected chi connectivity index (χ1v) is 11.9. The average Bonchev–Trinajstić information content (AvgIpc) is 3.44. The van der Waals surface area contributed by atoms with Crippen molar-refractivity contribution in [3.63, 3.8) is 0 Å². The van der Waals surface area contributed by atoms with Gasteiger partial charge in [0.15, 0.2) is 18.0 Å². The minimum absolute atomic E-state index is 0.453. The van der Waals surface area contributed by atoms with E-state index in [4.69, 9.17) is 9.15 Å². The Morgan fingerprint density at radius 2 is 1.80 bits per heavy atom. The predicted octanol–water partition coefficient (Wildman–Crippen LogP) is 4.84. The molecule has 1 fully saturated rings. The Morgan fingerprint density at radius 1 is 0.971 bits per heavy atom. The van der Waals surface area contributed by atoms with Gasteiger partial charge in [-0.25, -0.2) is 4.98 Å². The molecule has 0 saturated carbocycles. The highest BCUT2D eigenvalue weighted by Gasteiger charge is 2.14. The molecule has 0 amide bonds. The molecule has 0 bridgehead atoms. The lowest BCUT2D eigenvalue weighted by Gasteiger charge is -2.26. The highest BCUT2D eigenvalue weighted by Crippen LogP contribution is 2.33. The Morgan fingerprint density at radius 3 is 2.57 bits per heavy atom. The van der Waals surface area contributed by atoms with E-state index in [1.54, 1.807) is 13.3 Å². The van der Waals surface area contributed by atoms with Crippen LogP contribution in [0.1, 0.15) is 19.3 Å². The maximum atomic E-state index is 5.58. The van der Waals surface area contributed by atoms with E-state index in [1.165, 1.54) is 25.7 Å². The first-order valence-electron chi connectivity index (χ1n) is 11.9. The second kappa shape index (κ2) is 11.0. The highest BCUT2D eigenvalue weighted by atomic mass is 16.5. The molecule has 0 unspecified atom stereocenters. The number of anilines is 3. The second-order valence-electron chi connectivity index (χ2n) is 8.41. The van der Waals surface area contributed by atoms with Crippen molar-refractivity contribution in [2.45, 2.75) is 19.3 Å². The molecule has 180 valence electrons. The van der Waals surface area contributed by atoms with Crippen LogP contribution in [0.3, 0.4) is 0 Å². The van der Waals surface area contributed by atoms with Gasteiger partial charge in [-0.2, -0.15) is 15.0 Å². The summed E-state index contributed by atoms with van der Waals surface area (Å²) in [6, 6.07) is 15.6. The fraction of sp³-hybridized carbons (Fsp3) is 0.308. The van der Waals surface area contributed by atoms with Crippen LogP contribution in [0.25, 0.3) is 22.7 Å². The highest BCUT2D eigenvalue weighted by molar-refractivity contribution is 5.71. The molecule has 1 saturated heterocycles. The SMILES string of the molecule is COc1cc(Nc2nc(NCCN3CCCCC3)nc(-c3ccccc3)n2)ccc1-c1cnco1. The fourth-order valence-electron chi connectivity index (χ4n) is 4.19. The molecule has 35 heavy (non-hydrogen) atoms. The van der Waals surface area contributed by atoms with Gasteiger partial charge in [-0.05, 0) is 38.1 Å². The van der Waals surface area contributed by atoms with E-state index in [0.29, 0.717) is 29.2 Å². The quantitative estimate of drug-likeness (QED) is 0.355. The molecular formula is C26H29N7O2. The monoisotopic (exact) mass is 471 g/mol. The maximum absolute atomic E-state index is 5.58. The number of piperidine rings is 1. The summed E-state index contributed by atoms with van der Waals surface area (Å²) in [5, 5.41) is 6.69. The van der Waals surface area contributed by atoms with Crippen molar-refractivity contribution in [1.29, 1.82) is 0 Å². The van der Waals surface area contributed by atoms with Crippen molar-refractivity contribution in [3.05, 3.63) is 61.1 Å². The Balaban J connectivity index is 1.37. The number of nitrogens with zero attached hydrogens (tertiary/aromatic N) is 5. The summed E-state index contributed by atoms with van der Waals surface area (Å²) in [5.74, 6) is 2.90. The summed E-state index contributed by atoms with van der Waals surface area (Å²) in [5.41, 5.74) is 2.53. The average molecular weight is 472 g/mol. The lowest BCUT2D eigenvalue weighted by Crippen LogP contribution is -2.33. The Labute approximate surface area is 204 Å². The van der Waals surface area contributed by atoms with Crippen molar-refractivity contribution < 1.29 is 9.15 Å². The zero-order valence-electron chi connectivity index (χ0n) is 19.8. The van der Waals surface area contributed by atoms with E-state index in [-0.39, 0.29) is 0 Å². The van der Waals surface area contributed by atoms with E-state index in [0.717, 1.165) is 43.0 Å². The minimum Gasteiger partial charge on any atom is -0.496 e. The third-order valence-corrected chi connectivity index (χ3v) is 5.98. The molecule has 0 aliphatic carbocycles. The van der Waals surface area contributed by atoms with Crippen LogP contribution < -0.4 is 15.4 Å². The molecule has 9 nitrogen and oxygen atoms in total. The van der Waals surface area contributed by atoms with Gasteiger partial charge in [-0.1, -0.05) is 36.8 Å². The van der Waals surface area contributed by atoms with E-state index < -0.39 is 0 Å². The van der Waals surface area contributed by atoms with E-state index in [9.17, 15) is 0 Å². The largest absolute Gasteiger partial charge is 0.496 e. The number of rotatable bonds is 9. The Kier molecular flexibility index (Phi) is 7.14. The van der Waals surface area contributed by atoms with Crippen LogP contribution in [0.4, 0.5) is 17.6 Å². The molecule has 0 atom stereocenters. The lowest BCUT2D eigenvalue weighted by molar-refractivity contribution is 0.237. The third kappa shape index (κ3) is 5.75. The first kappa shape index (κ1) is 22.8. The second-order valence-corrected chi connectivity index (χ2v) is 8.41. The minimum atomic E-state index is 0.453. The molecule has 4 aromatic rings. The lowest BCUT2D eigenvalue weighted by atomic mass is 10.1. The van der Waals surface area contributed by atoms with E-state index in [1.807, 2.05) is 48.5 Å². The van der Waals surface area contributed by atoms with E-state index in [2.05, 4.69) is 35.5 Å². The number of aromatic nitrogens is 4. The van der Waals surface area contributed by atoms with Gasteiger partial charge >= 0.3 is 0 Å². The van der Waals surface area contributed by atoms with Gasteiger partial charge in [0.25, 0.3) is 0 Å². The van der Waals surface area contributed by atoms with Crippen molar-refractivity contribution in [2.24, 2.45) is 0 Å². The normalized spacial score (nSPS) is 14.0. The molecule has 2 aromatic heterocycles. The van der Waals surface area contributed by atoms with Crippen LogP contribution >= 0.6 is 0 Å². The number of benzene rings is 2. The molecule has 1 aliphatic rings. The van der Waals surface area contributed by atoms with Gasteiger partial charge in [-0.3, -0.25) is 0 Å². The molecule has 2 aromatic carbocycles. The van der Waals surface area contributed by atoms with Crippen LogP contribution in [-0.4, -0.2) is 58.1 Å². The Bertz CT molecular complexity index is 1230. The Hall–Kier alpha value is -3.98. The molecule has 5 rings (SSSR count). The van der Waals surface area contributed by atoms with Gasteiger partial charge in [0.1, 0.15) is 5.75 Å². The molecule has 9 heteroatoms. The fourth-order valence-corrected chi connectivity index (χ4v) is 4.19. The van der Waals surface area contributed by atoms with Gasteiger partial charge in [0.2, 0.25) is 11.9 Å². The zero-order valence-corrected chi connectivity index (χ0v) is 19.8.